The Morgan fingerprint density at radius 3 is 1.20 bits per heavy atom. The molecule has 1 nitrogen and oxygen atoms in total. The molecule has 0 aromatic heterocycles. The minimum Gasteiger partial charge on any atom is -0.300 e. The lowest BCUT2D eigenvalue weighted by molar-refractivity contribution is -0.119. The normalized spacial score (nSPS) is 11.5. The van der Waals surface area contributed by atoms with E-state index in [9.17, 15) is 4.79 Å². The Labute approximate surface area is 190 Å². The Hall–Kier alpha value is -0.590. The largest absolute Gasteiger partial charge is 0.300 e. The number of Topliss-reactive ketones (excluding diaryl/α,β-unsaturated/α-hetero) is 1. The second kappa shape index (κ2) is 26.4. The lowest BCUT2D eigenvalue weighted by Crippen LogP contribution is -1.97. The third-order valence-electron chi connectivity index (χ3n) is 6.37. The van der Waals surface area contributed by atoms with E-state index in [4.69, 9.17) is 0 Å². The van der Waals surface area contributed by atoms with Crippen LogP contribution in [0.4, 0.5) is 0 Å². The Bertz CT molecular complexity index is 357. The molecule has 0 fully saturated rings. The topological polar surface area (TPSA) is 17.1 Å². The number of unbranched alkanes of at least 4 members (excludes halogenated alkanes) is 20. The number of rotatable bonds is 25. The lowest BCUT2D eigenvalue weighted by atomic mass is 10.0. The predicted molar refractivity (Wildman–Crippen MR) is 136 cm³/mol. The first-order valence-corrected chi connectivity index (χ1v) is 13.9. The number of carbonyl (C=O) groups excluding carboxylic acids is 1. The molecule has 0 aliphatic heterocycles. The Kier molecular flexibility index (Phi) is 25.9. The van der Waals surface area contributed by atoms with Crippen LogP contribution in [0.1, 0.15) is 168 Å². The maximum Gasteiger partial charge on any atom is 0.132 e. The average Bonchev–Trinajstić information content (AvgIpc) is 2.75. The van der Waals surface area contributed by atoms with E-state index in [1.54, 1.807) is 0 Å². The van der Waals surface area contributed by atoms with Crippen molar-refractivity contribution in [2.75, 3.05) is 0 Å². The highest BCUT2D eigenvalue weighted by atomic mass is 16.1. The highest BCUT2D eigenvalue weighted by Gasteiger charge is 2.02. The zero-order valence-electron chi connectivity index (χ0n) is 21.0. The molecule has 0 saturated heterocycles. The van der Waals surface area contributed by atoms with E-state index in [0.717, 1.165) is 25.7 Å². The van der Waals surface area contributed by atoms with Gasteiger partial charge in [0.25, 0.3) is 0 Å². The van der Waals surface area contributed by atoms with E-state index < -0.39 is 0 Å². The molecule has 0 N–H and O–H groups in total. The van der Waals surface area contributed by atoms with Gasteiger partial charge in [0.15, 0.2) is 0 Å². The van der Waals surface area contributed by atoms with Gasteiger partial charge in [-0.05, 0) is 32.6 Å². The summed E-state index contributed by atoms with van der Waals surface area (Å²) in [5, 5.41) is 0. The van der Waals surface area contributed by atoms with Crippen LogP contribution in [0.3, 0.4) is 0 Å². The summed E-state index contributed by atoms with van der Waals surface area (Å²) in [6, 6.07) is 0. The van der Waals surface area contributed by atoms with Crippen LogP contribution in [-0.2, 0) is 4.79 Å². The monoisotopic (exact) mass is 420 g/mol. The number of carbonyl (C=O) groups is 1. The van der Waals surface area contributed by atoms with E-state index in [1.165, 1.54) is 128 Å². The summed E-state index contributed by atoms with van der Waals surface area (Å²) in [7, 11) is 0. The van der Waals surface area contributed by atoms with Crippen LogP contribution in [0.2, 0.25) is 0 Å². The molecule has 0 radical (unpaired) electrons. The summed E-state index contributed by atoms with van der Waals surface area (Å²) in [5.74, 6) is 0.515. The Morgan fingerprint density at radius 2 is 0.833 bits per heavy atom. The summed E-state index contributed by atoms with van der Waals surface area (Å²) in [6.07, 6.45) is 35.8. The number of allylic oxidation sites excluding steroid dienone is 2. The third-order valence-corrected chi connectivity index (χ3v) is 6.37. The van der Waals surface area contributed by atoms with E-state index in [2.05, 4.69) is 26.0 Å². The summed E-state index contributed by atoms with van der Waals surface area (Å²) in [5.41, 5.74) is 0. The molecule has 1 heteroatoms. The first-order chi connectivity index (χ1) is 14.8. The molecule has 0 atom stereocenters. The maximum atomic E-state index is 11.9. The van der Waals surface area contributed by atoms with Crippen molar-refractivity contribution < 1.29 is 4.79 Å². The van der Waals surface area contributed by atoms with Gasteiger partial charge in [0.1, 0.15) is 5.78 Å². The molecular formula is C29H56O. The van der Waals surface area contributed by atoms with Crippen molar-refractivity contribution in [1.82, 2.24) is 0 Å². The number of hydrogen-bond acceptors (Lipinski definition) is 1. The first kappa shape index (κ1) is 29.4. The second-order valence-corrected chi connectivity index (χ2v) is 9.47. The maximum absolute atomic E-state index is 11.9. The predicted octanol–water partition coefficient (Wildman–Crippen LogP) is 10.5. The number of ketones is 1. The first-order valence-electron chi connectivity index (χ1n) is 13.9. The molecule has 0 unspecified atom stereocenters. The molecule has 0 aliphatic rings. The van der Waals surface area contributed by atoms with Gasteiger partial charge in [0.2, 0.25) is 0 Å². The van der Waals surface area contributed by atoms with Crippen LogP contribution >= 0.6 is 0 Å². The van der Waals surface area contributed by atoms with Crippen LogP contribution in [-0.4, -0.2) is 5.78 Å². The number of hydrogen-bond donors (Lipinski definition) is 0. The van der Waals surface area contributed by atoms with Crippen LogP contribution in [0.25, 0.3) is 0 Å². The van der Waals surface area contributed by atoms with E-state index in [0.29, 0.717) is 5.78 Å². The van der Waals surface area contributed by atoms with Crippen molar-refractivity contribution in [1.29, 1.82) is 0 Å². The van der Waals surface area contributed by atoms with Gasteiger partial charge in [-0.1, -0.05) is 135 Å². The average molecular weight is 421 g/mol. The van der Waals surface area contributed by atoms with Crippen molar-refractivity contribution in [2.45, 2.75) is 168 Å². The summed E-state index contributed by atoms with van der Waals surface area (Å²) < 4.78 is 0. The van der Waals surface area contributed by atoms with Crippen LogP contribution < -0.4 is 0 Å². The van der Waals surface area contributed by atoms with Gasteiger partial charge in [0, 0.05) is 12.8 Å². The second-order valence-electron chi connectivity index (χ2n) is 9.47. The fourth-order valence-electron chi connectivity index (χ4n) is 4.28. The molecule has 0 amide bonds. The van der Waals surface area contributed by atoms with Crippen LogP contribution in [0.15, 0.2) is 12.2 Å². The highest BCUT2D eigenvalue weighted by molar-refractivity contribution is 5.78. The fraction of sp³-hybridized carbons (Fsp3) is 0.897. The van der Waals surface area contributed by atoms with Gasteiger partial charge in [-0.15, -0.1) is 0 Å². The quantitative estimate of drug-likeness (QED) is 0.106. The van der Waals surface area contributed by atoms with Crippen molar-refractivity contribution in [3.63, 3.8) is 0 Å². The van der Waals surface area contributed by atoms with Gasteiger partial charge < -0.3 is 0 Å². The third kappa shape index (κ3) is 25.4. The van der Waals surface area contributed by atoms with E-state index in [1.807, 2.05) is 0 Å². The molecular weight excluding hydrogens is 364 g/mol. The van der Waals surface area contributed by atoms with Gasteiger partial charge >= 0.3 is 0 Å². The fourth-order valence-corrected chi connectivity index (χ4v) is 4.28. The zero-order chi connectivity index (χ0) is 22.0. The highest BCUT2D eigenvalue weighted by Crippen LogP contribution is 2.15. The Morgan fingerprint density at radius 1 is 0.500 bits per heavy atom. The smallest absolute Gasteiger partial charge is 0.132 e. The minimum absolute atomic E-state index is 0.515. The molecule has 30 heavy (non-hydrogen) atoms. The van der Waals surface area contributed by atoms with E-state index >= 15 is 0 Å². The molecule has 0 bridgehead atoms. The molecule has 0 aromatic carbocycles. The van der Waals surface area contributed by atoms with Crippen molar-refractivity contribution in [3.8, 4) is 0 Å². The van der Waals surface area contributed by atoms with Crippen LogP contribution in [0.5, 0.6) is 0 Å². The minimum atomic E-state index is 0.515. The van der Waals surface area contributed by atoms with Crippen molar-refractivity contribution in [3.05, 3.63) is 12.2 Å². The van der Waals surface area contributed by atoms with Crippen molar-refractivity contribution >= 4 is 5.78 Å². The molecule has 0 heterocycles. The van der Waals surface area contributed by atoms with Gasteiger partial charge in [-0.2, -0.15) is 0 Å². The molecule has 0 spiro atoms. The summed E-state index contributed by atoms with van der Waals surface area (Å²) in [4.78, 5) is 11.9. The van der Waals surface area contributed by atoms with Gasteiger partial charge in [-0.25, -0.2) is 0 Å². The van der Waals surface area contributed by atoms with Gasteiger partial charge in [-0.3, -0.25) is 4.79 Å². The molecule has 0 rings (SSSR count). The molecule has 0 aromatic rings. The van der Waals surface area contributed by atoms with Gasteiger partial charge in [0.05, 0.1) is 0 Å². The van der Waals surface area contributed by atoms with E-state index in [-0.39, 0.29) is 0 Å². The summed E-state index contributed by atoms with van der Waals surface area (Å²) in [6.45, 7) is 4.37. The standard InChI is InChI=1S/C29H56O/c1-3-5-7-9-11-12-13-14-15-16-17-18-19-20-22-24-26-28-29(30)27-25-23-21-10-8-6-4-2/h3,5H,4,6-28H2,1-2H3. The zero-order valence-corrected chi connectivity index (χ0v) is 21.0. The lowest BCUT2D eigenvalue weighted by Gasteiger charge is -2.04. The van der Waals surface area contributed by atoms with Crippen LogP contribution in [0, 0.1) is 0 Å². The SMILES string of the molecule is CC=CCCCCCCCCCCCCCCCCC(=O)CCCCCCCCC. The Balaban J connectivity index is 3.12. The van der Waals surface area contributed by atoms with Crippen molar-refractivity contribution in [2.24, 2.45) is 0 Å². The summed E-state index contributed by atoms with van der Waals surface area (Å²) >= 11 is 0. The molecule has 178 valence electrons. The molecule has 0 aliphatic carbocycles. The molecule has 0 saturated carbocycles.